The number of para-hydroxylation sites is 1. The minimum Gasteiger partial charge on any atom is -0.487 e. The number of benzene rings is 1. The molecule has 0 radical (unpaired) electrons. The van der Waals surface area contributed by atoms with E-state index < -0.39 is 0 Å². The van der Waals surface area contributed by atoms with Crippen molar-refractivity contribution in [1.29, 1.82) is 0 Å². The smallest absolute Gasteiger partial charge is 0.124 e. The van der Waals surface area contributed by atoms with E-state index in [1.807, 2.05) is 0 Å². The van der Waals surface area contributed by atoms with Gasteiger partial charge in [0.1, 0.15) is 11.4 Å². The van der Waals surface area contributed by atoms with Gasteiger partial charge in [-0.1, -0.05) is 24.6 Å². The lowest BCUT2D eigenvalue weighted by atomic mass is 9.65. The summed E-state index contributed by atoms with van der Waals surface area (Å²) in [5.74, 6) is 1.82. The maximum absolute atomic E-state index is 6.45. The fourth-order valence-corrected chi connectivity index (χ4v) is 4.15. The van der Waals surface area contributed by atoms with Crippen molar-refractivity contribution in [3.05, 3.63) is 29.8 Å². The van der Waals surface area contributed by atoms with Gasteiger partial charge in [0.2, 0.25) is 0 Å². The van der Waals surface area contributed by atoms with Gasteiger partial charge in [0.05, 0.1) is 0 Å². The second-order valence-electron chi connectivity index (χ2n) is 5.74. The summed E-state index contributed by atoms with van der Waals surface area (Å²) in [6.45, 7) is 1.11. The fourth-order valence-electron chi connectivity index (χ4n) is 4.15. The first kappa shape index (κ1) is 9.95. The molecule has 1 N–H and O–H groups in total. The van der Waals surface area contributed by atoms with Gasteiger partial charge in [0.25, 0.3) is 0 Å². The van der Waals surface area contributed by atoms with Gasteiger partial charge >= 0.3 is 0 Å². The Balaban J connectivity index is 1.85. The molecule has 2 heteroatoms. The summed E-state index contributed by atoms with van der Waals surface area (Å²) in [6, 6.07) is 9.13. The van der Waals surface area contributed by atoms with Crippen molar-refractivity contribution < 1.29 is 4.74 Å². The Hall–Kier alpha value is -1.02. The van der Waals surface area contributed by atoms with Crippen molar-refractivity contribution in [1.82, 2.24) is 5.32 Å². The molecule has 2 heterocycles. The van der Waals surface area contributed by atoms with Crippen LogP contribution in [0.2, 0.25) is 0 Å². The molecule has 1 aliphatic carbocycles. The van der Waals surface area contributed by atoms with Crippen LogP contribution in [0, 0.1) is 5.92 Å². The van der Waals surface area contributed by atoms with Crippen molar-refractivity contribution >= 4 is 0 Å². The van der Waals surface area contributed by atoms with Gasteiger partial charge < -0.3 is 10.1 Å². The Morgan fingerprint density at radius 3 is 3.12 bits per heavy atom. The molecule has 1 aromatic carbocycles. The van der Waals surface area contributed by atoms with E-state index in [0.29, 0.717) is 12.0 Å². The summed E-state index contributed by atoms with van der Waals surface area (Å²) in [6.07, 6.45) is 6.47. The van der Waals surface area contributed by atoms with Crippen LogP contribution in [0.25, 0.3) is 0 Å². The summed E-state index contributed by atoms with van der Waals surface area (Å²) in [7, 11) is 0. The standard InChI is InChI=1S/C15H19NO/c1-2-7-13-11(5-1)14-12-6-3-4-8-15(12,17-13)9-10-16-14/h1-2,5,7,12,14,16H,3-4,6,8-10H2/t12-,14+,15+/m0/s1. The first-order valence-electron chi connectivity index (χ1n) is 6.90. The van der Waals surface area contributed by atoms with Crippen LogP contribution in [-0.4, -0.2) is 12.1 Å². The molecule has 3 atom stereocenters. The average molecular weight is 229 g/mol. The minimum atomic E-state index is 0.155. The third-order valence-corrected chi connectivity index (χ3v) is 4.92. The predicted molar refractivity (Wildman–Crippen MR) is 67.1 cm³/mol. The van der Waals surface area contributed by atoms with E-state index in [-0.39, 0.29) is 5.60 Å². The van der Waals surface area contributed by atoms with Gasteiger partial charge in [-0.15, -0.1) is 0 Å². The average Bonchev–Trinajstić information content (AvgIpc) is 2.38. The highest BCUT2D eigenvalue weighted by Crippen LogP contribution is 2.53. The Morgan fingerprint density at radius 1 is 1.18 bits per heavy atom. The number of piperidine rings is 1. The SMILES string of the molecule is c1ccc2c(c1)O[C@@]13CCCC[C@H]1[C@@H]2NCC3. The summed E-state index contributed by atoms with van der Waals surface area (Å²) in [5, 5.41) is 3.72. The molecule has 2 nitrogen and oxygen atoms in total. The molecule has 90 valence electrons. The lowest BCUT2D eigenvalue weighted by Crippen LogP contribution is -2.59. The molecule has 4 rings (SSSR count). The highest BCUT2D eigenvalue weighted by Gasteiger charge is 2.52. The first-order chi connectivity index (χ1) is 8.39. The van der Waals surface area contributed by atoms with Gasteiger partial charge in [-0.3, -0.25) is 0 Å². The summed E-state index contributed by atoms with van der Waals surface area (Å²) in [4.78, 5) is 0. The summed E-state index contributed by atoms with van der Waals surface area (Å²) in [5.41, 5.74) is 1.54. The van der Waals surface area contributed by atoms with Crippen LogP contribution in [0.3, 0.4) is 0 Å². The molecule has 0 aromatic heterocycles. The van der Waals surface area contributed by atoms with Crippen LogP contribution < -0.4 is 10.1 Å². The number of nitrogens with one attached hydrogen (secondary N) is 1. The Kier molecular flexibility index (Phi) is 2.04. The lowest BCUT2D eigenvalue weighted by Gasteiger charge is -2.54. The van der Waals surface area contributed by atoms with Gasteiger partial charge in [-0.05, 0) is 38.3 Å². The van der Waals surface area contributed by atoms with Crippen LogP contribution in [0.5, 0.6) is 5.75 Å². The Morgan fingerprint density at radius 2 is 2.12 bits per heavy atom. The monoisotopic (exact) mass is 229 g/mol. The zero-order valence-electron chi connectivity index (χ0n) is 10.1. The second kappa shape index (κ2) is 3.49. The van der Waals surface area contributed by atoms with Crippen molar-refractivity contribution in [3.63, 3.8) is 0 Å². The molecule has 0 spiro atoms. The second-order valence-corrected chi connectivity index (χ2v) is 5.74. The molecule has 2 fully saturated rings. The van der Waals surface area contributed by atoms with Gasteiger partial charge in [-0.25, -0.2) is 0 Å². The molecule has 2 bridgehead atoms. The van der Waals surface area contributed by atoms with Gasteiger partial charge in [-0.2, -0.15) is 0 Å². The van der Waals surface area contributed by atoms with E-state index in [1.165, 1.54) is 37.7 Å². The molecule has 0 unspecified atom stereocenters. The fraction of sp³-hybridized carbons (Fsp3) is 0.600. The van der Waals surface area contributed by atoms with Crippen molar-refractivity contribution in [3.8, 4) is 5.75 Å². The van der Waals surface area contributed by atoms with E-state index in [9.17, 15) is 0 Å². The molecule has 1 aromatic rings. The molecule has 0 amide bonds. The highest BCUT2D eigenvalue weighted by atomic mass is 16.5. The zero-order valence-corrected chi connectivity index (χ0v) is 10.1. The third-order valence-electron chi connectivity index (χ3n) is 4.92. The van der Waals surface area contributed by atoms with Crippen LogP contribution in [-0.2, 0) is 0 Å². The molecule has 3 aliphatic rings. The number of fused-ring (bicyclic) bond motifs is 2. The van der Waals surface area contributed by atoms with E-state index >= 15 is 0 Å². The topological polar surface area (TPSA) is 21.3 Å². The van der Waals surface area contributed by atoms with Gasteiger partial charge in [0, 0.05) is 17.5 Å². The molecule has 1 saturated heterocycles. The maximum atomic E-state index is 6.45. The molecule has 17 heavy (non-hydrogen) atoms. The number of ether oxygens (including phenoxy) is 1. The van der Waals surface area contributed by atoms with Crippen LogP contribution in [0.1, 0.15) is 43.7 Å². The van der Waals surface area contributed by atoms with Crippen molar-refractivity contribution in [2.24, 2.45) is 5.92 Å². The summed E-state index contributed by atoms with van der Waals surface area (Å²) < 4.78 is 6.45. The van der Waals surface area contributed by atoms with Gasteiger partial charge in [0.15, 0.2) is 0 Å². The number of rotatable bonds is 0. The first-order valence-corrected chi connectivity index (χ1v) is 6.90. The van der Waals surface area contributed by atoms with Crippen LogP contribution in [0.4, 0.5) is 0 Å². The van der Waals surface area contributed by atoms with E-state index in [0.717, 1.165) is 12.3 Å². The maximum Gasteiger partial charge on any atom is 0.124 e. The van der Waals surface area contributed by atoms with Crippen LogP contribution >= 0.6 is 0 Å². The van der Waals surface area contributed by atoms with E-state index in [4.69, 9.17) is 4.74 Å². The molecule has 2 aliphatic heterocycles. The highest BCUT2D eigenvalue weighted by molar-refractivity contribution is 5.40. The van der Waals surface area contributed by atoms with Crippen molar-refractivity contribution in [2.45, 2.75) is 43.7 Å². The van der Waals surface area contributed by atoms with E-state index in [1.54, 1.807) is 0 Å². The molecule has 1 saturated carbocycles. The number of hydrogen-bond acceptors (Lipinski definition) is 2. The number of hydrogen-bond donors (Lipinski definition) is 1. The lowest BCUT2D eigenvalue weighted by molar-refractivity contribution is -0.0817. The largest absolute Gasteiger partial charge is 0.487 e. The summed E-state index contributed by atoms with van der Waals surface area (Å²) >= 11 is 0. The van der Waals surface area contributed by atoms with E-state index in [2.05, 4.69) is 29.6 Å². The Labute approximate surface area is 102 Å². The molecular weight excluding hydrogens is 210 g/mol. The predicted octanol–water partition coefficient (Wildman–Crippen LogP) is 3.04. The zero-order chi connectivity index (χ0) is 11.3. The normalized spacial score (nSPS) is 38.8. The molecular formula is C15H19NO. The Bertz CT molecular complexity index is 440. The quantitative estimate of drug-likeness (QED) is 0.738. The van der Waals surface area contributed by atoms with Crippen LogP contribution in [0.15, 0.2) is 24.3 Å². The van der Waals surface area contributed by atoms with Crippen molar-refractivity contribution in [2.75, 3.05) is 6.54 Å². The minimum absolute atomic E-state index is 0.155. The third kappa shape index (κ3) is 1.30.